The van der Waals surface area contributed by atoms with E-state index in [1.165, 1.54) is 0 Å². The molecule has 3 aromatic carbocycles. The summed E-state index contributed by atoms with van der Waals surface area (Å²) in [6.45, 7) is 3.90. The van der Waals surface area contributed by atoms with Crippen LogP contribution < -0.4 is 15.6 Å². The van der Waals surface area contributed by atoms with E-state index >= 15 is 0 Å². The molecule has 0 bridgehead atoms. The highest BCUT2D eigenvalue weighted by molar-refractivity contribution is 5.94. The van der Waals surface area contributed by atoms with E-state index < -0.39 is 0 Å². The van der Waals surface area contributed by atoms with Gasteiger partial charge in [-0.2, -0.15) is 5.10 Å². The van der Waals surface area contributed by atoms with Gasteiger partial charge in [0.15, 0.2) is 0 Å². The van der Waals surface area contributed by atoms with Gasteiger partial charge in [-0.05, 0) is 66.9 Å². The number of para-hydroxylation sites is 1. The van der Waals surface area contributed by atoms with Crippen LogP contribution in [0, 0.1) is 13.8 Å². The predicted octanol–water partition coefficient (Wildman–Crippen LogP) is 4.26. The number of nitrogens with one attached hydrogen (secondary N) is 1. The molecule has 156 valence electrons. The maximum Gasteiger partial charge on any atom is 0.244 e. The molecule has 0 radical (unpaired) electrons. The maximum absolute atomic E-state index is 13.0. The summed E-state index contributed by atoms with van der Waals surface area (Å²) < 4.78 is 11.3. The third-order valence-corrected chi connectivity index (χ3v) is 5.34. The molecule has 0 spiro atoms. The first-order chi connectivity index (χ1) is 15.0. The van der Waals surface area contributed by atoms with Crippen molar-refractivity contribution in [1.29, 1.82) is 0 Å². The quantitative estimate of drug-likeness (QED) is 0.301. The zero-order valence-electron chi connectivity index (χ0n) is 17.6. The van der Waals surface area contributed by atoms with Crippen LogP contribution in [-0.4, -0.2) is 19.2 Å². The molecule has 0 aliphatic rings. The van der Waals surface area contributed by atoms with E-state index in [0.29, 0.717) is 27.5 Å². The van der Waals surface area contributed by atoms with Gasteiger partial charge in [-0.25, -0.2) is 5.43 Å². The highest BCUT2D eigenvalue weighted by atomic mass is 16.5. The van der Waals surface area contributed by atoms with E-state index in [1.807, 2.05) is 44.2 Å². The van der Waals surface area contributed by atoms with Crippen LogP contribution in [0.15, 0.2) is 68.9 Å². The lowest BCUT2D eigenvalue weighted by molar-refractivity contribution is -0.120. The van der Waals surface area contributed by atoms with E-state index in [9.17, 15) is 9.59 Å². The molecule has 4 rings (SSSR count). The van der Waals surface area contributed by atoms with Gasteiger partial charge in [-0.15, -0.1) is 0 Å². The fourth-order valence-corrected chi connectivity index (χ4v) is 3.45. The largest absolute Gasteiger partial charge is 0.497 e. The van der Waals surface area contributed by atoms with Crippen molar-refractivity contribution in [2.24, 2.45) is 5.10 Å². The Kier molecular flexibility index (Phi) is 5.54. The number of benzene rings is 3. The third kappa shape index (κ3) is 4.05. The minimum Gasteiger partial charge on any atom is -0.497 e. The minimum absolute atomic E-state index is 0.0383. The standard InChI is InChI=1S/C25H22N2O4/c1-15-7-12-21-23(29)20-6-4-5-18(25(20)31-24(21)16(15)2)13-22(28)27-26-14-17-8-10-19(30-3)11-9-17/h4-12,14H,13H2,1-3H3,(H,27,28)/b26-14+. The second kappa shape index (κ2) is 8.44. The lowest BCUT2D eigenvalue weighted by Crippen LogP contribution is -2.20. The normalized spacial score (nSPS) is 11.3. The Bertz CT molecular complexity index is 1370. The van der Waals surface area contributed by atoms with Gasteiger partial charge in [-0.3, -0.25) is 9.59 Å². The Hall–Kier alpha value is -3.93. The number of methoxy groups -OCH3 is 1. The summed E-state index contributed by atoms with van der Waals surface area (Å²) >= 11 is 0. The molecule has 1 amide bonds. The van der Waals surface area contributed by atoms with Gasteiger partial charge in [0.1, 0.15) is 16.9 Å². The summed E-state index contributed by atoms with van der Waals surface area (Å²) in [5, 5.41) is 5.01. The summed E-state index contributed by atoms with van der Waals surface area (Å²) in [6.07, 6.45) is 1.59. The molecule has 0 atom stereocenters. The van der Waals surface area contributed by atoms with E-state index in [0.717, 1.165) is 22.4 Å². The number of hydrogen-bond acceptors (Lipinski definition) is 5. The third-order valence-electron chi connectivity index (χ3n) is 5.34. The van der Waals surface area contributed by atoms with Crippen molar-refractivity contribution in [1.82, 2.24) is 5.43 Å². The van der Waals surface area contributed by atoms with Crippen molar-refractivity contribution in [3.8, 4) is 5.75 Å². The number of amides is 1. The smallest absolute Gasteiger partial charge is 0.244 e. The molecule has 1 heterocycles. The Morgan fingerprint density at radius 1 is 1.03 bits per heavy atom. The first-order valence-electron chi connectivity index (χ1n) is 9.88. The average Bonchev–Trinajstić information content (AvgIpc) is 2.78. The van der Waals surface area contributed by atoms with Gasteiger partial charge in [-0.1, -0.05) is 18.2 Å². The van der Waals surface area contributed by atoms with Crippen molar-refractivity contribution >= 4 is 34.1 Å². The zero-order chi connectivity index (χ0) is 22.0. The molecule has 0 fully saturated rings. The van der Waals surface area contributed by atoms with Crippen LogP contribution in [0.25, 0.3) is 21.9 Å². The van der Waals surface area contributed by atoms with Crippen molar-refractivity contribution in [2.45, 2.75) is 20.3 Å². The van der Waals surface area contributed by atoms with Crippen LogP contribution in [0.3, 0.4) is 0 Å². The van der Waals surface area contributed by atoms with E-state index in [4.69, 9.17) is 9.15 Å². The van der Waals surface area contributed by atoms with Crippen LogP contribution in [0.5, 0.6) is 5.75 Å². The SMILES string of the molecule is COc1ccc(/C=N/NC(=O)Cc2cccc3c(=O)c4ccc(C)c(C)c4oc23)cc1. The Balaban J connectivity index is 1.60. The number of rotatable bonds is 5. The molecule has 0 aliphatic heterocycles. The molecule has 0 unspecified atom stereocenters. The molecule has 4 aromatic rings. The molecule has 1 aromatic heterocycles. The fourth-order valence-electron chi connectivity index (χ4n) is 3.45. The van der Waals surface area contributed by atoms with Crippen LogP contribution in [0.4, 0.5) is 0 Å². The molecule has 0 aliphatic carbocycles. The van der Waals surface area contributed by atoms with Gasteiger partial charge in [0.25, 0.3) is 0 Å². The first-order valence-corrected chi connectivity index (χ1v) is 9.88. The molecule has 1 N–H and O–H groups in total. The fraction of sp³-hybridized carbons (Fsp3) is 0.160. The monoisotopic (exact) mass is 414 g/mol. The van der Waals surface area contributed by atoms with Crippen molar-refractivity contribution in [2.75, 3.05) is 7.11 Å². The maximum atomic E-state index is 13.0. The van der Waals surface area contributed by atoms with Crippen LogP contribution in [-0.2, 0) is 11.2 Å². The zero-order valence-corrected chi connectivity index (χ0v) is 17.6. The Morgan fingerprint density at radius 2 is 1.77 bits per heavy atom. The van der Waals surface area contributed by atoms with Gasteiger partial charge in [0.2, 0.25) is 11.3 Å². The van der Waals surface area contributed by atoms with E-state index in [-0.39, 0.29) is 17.8 Å². The summed E-state index contributed by atoms with van der Waals surface area (Å²) in [5.74, 6) is 0.442. The van der Waals surface area contributed by atoms with Gasteiger partial charge in [0, 0.05) is 5.56 Å². The molecule has 6 heteroatoms. The van der Waals surface area contributed by atoms with E-state index in [1.54, 1.807) is 37.6 Å². The number of hydrogen-bond donors (Lipinski definition) is 1. The molecular weight excluding hydrogens is 392 g/mol. The second-order valence-corrected chi connectivity index (χ2v) is 7.35. The van der Waals surface area contributed by atoms with Crippen molar-refractivity contribution in [3.63, 3.8) is 0 Å². The highest BCUT2D eigenvalue weighted by Crippen LogP contribution is 2.26. The Labute approximate surface area is 179 Å². The summed E-state index contributed by atoms with van der Waals surface area (Å²) in [7, 11) is 1.60. The van der Waals surface area contributed by atoms with Gasteiger partial charge < -0.3 is 9.15 Å². The van der Waals surface area contributed by atoms with Gasteiger partial charge >= 0.3 is 0 Å². The Morgan fingerprint density at radius 3 is 2.52 bits per heavy atom. The lowest BCUT2D eigenvalue weighted by atomic mass is 10.0. The first kappa shape index (κ1) is 20.3. The predicted molar refractivity (Wildman–Crippen MR) is 122 cm³/mol. The van der Waals surface area contributed by atoms with Crippen molar-refractivity contribution in [3.05, 3.63) is 87.1 Å². The number of ether oxygens (including phenoxy) is 1. The van der Waals surface area contributed by atoms with Gasteiger partial charge in [0.05, 0.1) is 30.5 Å². The molecule has 0 saturated heterocycles. The number of nitrogens with zero attached hydrogens (tertiary/aromatic N) is 1. The minimum atomic E-state index is -0.305. The second-order valence-electron chi connectivity index (χ2n) is 7.35. The number of fused-ring (bicyclic) bond motifs is 2. The number of carbonyl (C=O) groups excluding carboxylic acids is 1. The number of hydrazone groups is 1. The molecule has 31 heavy (non-hydrogen) atoms. The van der Waals surface area contributed by atoms with Crippen LogP contribution in [0.2, 0.25) is 0 Å². The summed E-state index contributed by atoms with van der Waals surface area (Å²) in [5.41, 5.74) is 6.84. The van der Waals surface area contributed by atoms with E-state index in [2.05, 4.69) is 10.5 Å². The van der Waals surface area contributed by atoms with Crippen molar-refractivity contribution < 1.29 is 13.9 Å². The summed E-state index contributed by atoms with van der Waals surface area (Å²) in [6, 6.07) is 16.3. The molecule has 0 saturated carbocycles. The number of aryl methyl sites for hydroxylation is 2. The van der Waals surface area contributed by atoms with Crippen LogP contribution >= 0.6 is 0 Å². The summed E-state index contributed by atoms with van der Waals surface area (Å²) in [4.78, 5) is 25.4. The van der Waals surface area contributed by atoms with Crippen LogP contribution in [0.1, 0.15) is 22.3 Å². The topological polar surface area (TPSA) is 80.9 Å². The highest BCUT2D eigenvalue weighted by Gasteiger charge is 2.15. The molecule has 6 nitrogen and oxygen atoms in total. The lowest BCUT2D eigenvalue weighted by Gasteiger charge is -2.09. The molecular formula is C25H22N2O4. The average molecular weight is 414 g/mol. The number of carbonyl (C=O) groups is 1.